The lowest BCUT2D eigenvalue weighted by molar-refractivity contribution is 0.173. The molecule has 2 aliphatic heterocycles. The molecule has 8 heteroatoms. The molecular formula is C17H21N5O3. The van der Waals surface area contributed by atoms with Gasteiger partial charge in [-0.15, -0.1) is 10.2 Å². The van der Waals surface area contributed by atoms with Gasteiger partial charge in [-0.3, -0.25) is 0 Å². The first-order valence-corrected chi connectivity index (χ1v) is 8.46. The van der Waals surface area contributed by atoms with Gasteiger partial charge in [0.05, 0.1) is 0 Å². The number of ether oxygens (including phenoxy) is 2. The number of fused-ring (bicyclic) bond motifs is 1. The standard InChI is InChI=1S/C17H21N5O3/c1-21-10-19-20-16(21)13-3-2-6-22(9-13)17(23)18-8-12-4-5-14-15(7-12)25-11-24-14/h4-5,7,10,13H,2-3,6,8-9,11H2,1H3,(H,18,23). The van der Waals surface area contributed by atoms with Gasteiger partial charge >= 0.3 is 6.03 Å². The molecule has 0 radical (unpaired) electrons. The third-order valence-electron chi connectivity index (χ3n) is 4.70. The predicted molar refractivity (Wildman–Crippen MR) is 89.4 cm³/mol. The lowest BCUT2D eigenvalue weighted by Gasteiger charge is -2.32. The van der Waals surface area contributed by atoms with E-state index in [0.29, 0.717) is 13.1 Å². The zero-order valence-corrected chi connectivity index (χ0v) is 14.1. The van der Waals surface area contributed by atoms with Crippen molar-refractivity contribution in [2.75, 3.05) is 19.9 Å². The van der Waals surface area contributed by atoms with E-state index in [1.807, 2.05) is 34.7 Å². The van der Waals surface area contributed by atoms with Crippen molar-refractivity contribution in [1.82, 2.24) is 25.0 Å². The van der Waals surface area contributed by atoms with Crippen LogP contribution in [-0.4, -0.2) is 45.6 Å². The number of aromatic nitrogens is 3. The minimum absolute atomic E-state index is 0.0514. The highest BCUT2D eigenvalue weighted by Gasteiger charge is 2.27. The van der Waals surface area contributed by atoms with Gasteiger partial charge in [0.1, 0.15) is 12.2 Å². The summed E-state index contributed by atoms with van der Waals surface area (Å²) in [6.07, 6.45) is 3.70. The zero-order valence-electron chi connectivity index (χ0n) is 14.1. The van der Waals surface area contributed by atoms with Crippen LogP contribution in [0, 0.1) is 0 Å². The Bertz CT molecular complexity index is 775. The number of piperidine rings is 1. The highest BCUT2D eigenvalue weighted by molar-refractivity contribution is 5.74. The van der Waals surface area contributed by atoms with E-state index < -0.39 is 0 Å². The number of carbonyl (C=O) groups is 1. The van der Waals surface area contributed by atoms with E-state index >= 15 is 0 Å². The Morgan fingerprint density at radius 1 is 1.36 bits per heavy atom. The van der Waals surface area contributed by atoms with Crippen molar-refractivity contribution >= 4 is 6.03 Å². The molecule has 1 N–H and O–H groups in total. The van der Waals surface area contributed by atoms with Crippen molar-refractivity contribution < 1.29 is 14.3 Å². The second-order valence-corrected chi connectivity index (χ2v) is 6.43. The summed E-state index contributed by atoms with van der Waals surface area (Å²) in [6.45, 7) is 2.14. The Labute approximate surface area is 145 Å². The van der Waals surface area contributed by atoms with Crippen LogP contribution < -0.4 is 14.8 Å². The third kappa shape index (κ3) is 3.24. The summed E-state index contributed by atoms with van der Waals surface area (Å²) in [5.41, 5.74) is 0.986. The van der Waals surface area contributed by atoms with Crippen LogP contribution in [0.3, 0.4) is 0 Å². The minimum atomic E-state index is -0.0514. The molecule has 2 aliphatic rings. The first-order valence-electron chi connectivity index (χ1n) is 8.46. The van der Waals surface area contributed by atoms with Gasteiger partial charge in [0.2, 0.25) is 6.79 Å². The molecule has 0 aliphatic carbocycles. The van der Waals surface area contributed by atoms with Crippen molar-refractivity contribution in [2.45, 2.75) is 25.3 Å². The molecule has 1 saturated heterocycles. The van der Waals surface area contributed by atoms with Crippen molar-refractivity contribution in [3.8, 4) is 11.5 Å². The number of benzene rings is 1. The van der Waals surface area contributed by atoms with Crippen LogP contribution in [0.1, 0.15) is 30.1 Å². The van der Waals surface area contributed by atoms with E-state index in [0.717, 1.165) is 42.3 Å². The number of rotatable bonds is 3. The van der Waals surface area contributed by atoms with Gasteiger partial charge in [-0.1, -0.05) is 6.07 Å². The molecule has 1 aromatic carbocycles. The molecule has 4 rings (SSSR count). The van der Waals surface area contributed by atoms with E-state index in [1.165, 1.54) is 0 Å². The summed E-state index contributed by atoms with van der Waals surface area (Å²) in [6, 6.07) is 5.66. The van der Waals surface area contributed by atoms with Crippen molar-refractivity contribution in [3.63, 3.8) is 0 Å². The number of urea groups is 1. The maximum Gasteiger partial charge on any atom is 0.317 e. The van der Waals surface area contributed by atoms with Crippen LogP contribution in [0.25, 0.3) is 0 Å². The van der Waals surface area contributed by atoms with E-state index in [-0.39, 0.29) is 18.7 Å². The highest BCUT2D eigenvalue weighted by atomic mass is 16.7. The number of carbonyl (C=O) groups excluding carboxylic acids is 1. The van der Waals surface area contributed by atoms with Crippen molar-refractivity contribution in [3.05, 3.63) is 35.9 Å². The average molecular weight is 343 g/mol. The van der Waals surface area contributed by atoms with Gasteiger partial charge in [-0.25, -0.2) is 4.79 Å². The molecule has 0 saturated carbocycles. The first kappa shape index (κ1) is 15.7. The van der Waals surface area contributed by atoms with Gasteiger partial charge in [0, 0.05) is 32.6 Å². The smallest absolute Gasteiger partial charge is 0.317 e. The maximum atomic E-state index is 12.5. The molecule has 1 atom stereocenters. The van der Waals surface area contributed by atoms with Gasteiger partial charge in [-0.05, 0) is 30.5 Å². The lowest BCUT2D eigenvalue weighted by Crippen LogP contribution is -2.45. The fourth-order valence-corrected chi connectivity index (χ4v) is 3.37. The second kappa shape index (κ2) is 6.62. The Hall–Kier alpha value is -2.77. The molecule has 0 spiro atoms. The van der Waals surface area contributed by atoms with Crippen LogP contribution in [0.5, 0.6) is 11.5 Å². The summed E-state index contributed by atoms with van der Waals surface area (Å²) in [5.74, 6) is 2.65. The number of hydrogen-bond donors (Lipinski definition) is 1. The molecule has 25 heavy (non-hydrogen) atoms. The second-order valence-electron chi connectivity index (χ2n) is 6.43. The van der Waals surface area contributed by atoms with E-state index in [1.54, 1.807) is 6.33 Å². The van der Waals surface area contributed by atoms with Crippen molar-refractivity contribution in [1.29, 1.82) is 0 Å². The summed E-state index contributed by atoms with van der Waals surface area (Å²) in [4.78, 5) is 14.4. The molecule has 2 amide bonds. The quantitative estimate of drug-likeness (QED) is 0.916. The molecule has 1 unspecified atom stereocenters. The molecule has 0 bridgehead atoms. The van der Waals surface area contributed by atoms with E-state index in [9.17, 15) is 4.79 Å². The molecule has 132 valence electrons. The summed E-state index contributed by atoms with van der Waals surface area (Å²) in [7, 11) is 1.94. The number of likely N-dealkylation sites (tertiary alicyclic amines) is 1. The van der Waals surface area contributed by atoms with Crippen molar-refractivity contribution in [2.24, 2.45) is 7.05 Å². The molecular weight excluding hydrogens is 322 g/mol. The fraction of sp³-hybridized carbons (Fsp3) is 0.471. The Morgan fingerprint density at radius 2 is 2.24 bits per heavy atom. The monoisotopic (exact) mass is 343 g/mol. The average Bonchev–Trinajstić information content (AvgIpc) is 3.27. The maximum absolute atomic E-state index is 12.5. The van der Waals surface area contributed by atoms with Crippen LogP contribution in [-0.2, 0) is 13.6 Å². The molecule has 1 aromatic heterocycles. The minimum Gasteiger partial charge on any atom is -0.454 e. The zero-order chi connectivity index (χ0) is 17.2. The molecule has 3 heterocycles. The van der Waals surface area contributed by atoms with Gasteiger partial charge in [0.15, 0.2) is 11.5 Å². The van der Waals surface area contributed by atoms with Gasteiger partial charge in [-0.2, -0.15) is 0 Å². The fourth-order valence-electron chi connectivity index (χ4n) is 3.37. The Morgan fingerprint density at radius 3 is 3.08 bits per heavy atom. The molecule has 1 fully saturated rings. The number of nitrogens with zero attached hydrogens (tertiary/aromatic N) is 4. The SMILES string of the molecule is Cn1cnnc1C1CCCN(C(=O)NCc2ccc3c(c2)OCO3)C1. The van der Waals surface area contributed by atoms with Gasteiger partial charge in [0.25, 0.3) is 0 Å². The van der Waals surface area contributed by atoms with Crippen LogP contribution >= 0.6 is 0 Å². The summed E-state index contributed by atoms with van der Waals surface area (Å²) < 4.78 is 12.6. The predicted octanol–water partition coefficient (Wildman–Crippen LogP) is 1.63. The Kier molecular flexibility index (Phi) is 4.17. The lowest BCUT2D eigenvalue weighted by atomic mass is 9.97. The number of aryl methyl sites for hydroxylation is 1. The van der Waals surface area contributed by atoms with Crippen LogP contribution in [0.15, 0.2) is 24.5 Å². The molecule has 8 nitrogen and oxygen atoms in total. The largest absolute Gasteiger partial charge is 0.454 e. The number of nitrogens with one attached hydrogen (secondary N) is 1. The topological polar surface area (TPSA) is 81.5 Å². The highest BCUT2D eigenvalue weighted by Crippen LogP contribution is 2.32. The normalized spacial score (nSPS) is 19.1. The van der Waals surface area contributed by atoms with Crippen LogP contribution in [0.4, 0.5) is 4.79 Å². The number of hydrogen-bond acceptors (Lipinski definition) is 5. The van der Waals surface area contributed by atoms with Gasteiger partial charge < -0.3 is 24.3 Å². The van der Waals surface area contributed by atoms with E-state index in [4.69, 9.17) is 9.47 Å². The van der Waals surface area contributed by atoms with E-state index in [2.05, 4.69) is 15.5 Å². The molecule has 2 aromatic rings. The number of amides is 2. The van der Waals surface area contributed by atoms with Crippen LogP contribution in [0.2, 0.25) is 0 Å². The Balaban J connectivity index is 1.35. The third-order valence-corrected chi connectivity index (χ3v) is 4.70. The first-order chi connectivity index (χ1) is 12.2. The summed E-state index contributed by atoms with van der Waals surface area (Å²) >= 11 is 0. The summed E-state index contributed by atoms with van der Waals surface area (Å²) in [5, 5.41) is 11.1.